The van der Waals surface area contributed by atoms with Gasteiger partial charge in [0.25, 0.3) is 5.91 Å². The van der Waals surface area contributed by atoms with Crippen LogP contribution in [0.25, 0.3) is 0 Å². The monoisotopic (exact) mass is 292 g/mol. The summed E-state index contributed by atoms with van der Waals surface area (Å²) in [5.41, 5.74) is 1.84. The zero-order valence-electron chi connectivity index (χ0n) is 12.0. The predicted octanol–water partition coefficient (Wildman–Crippen LogP) is 0.572. The minimum Gasteiger partial charge on any atom is -0.358 e. The summed E-state index contributed by atoms with van der Waals surface area (Å²) in [6.45, 7) is 4.18. The van der Waals surface area contributed by atoms with E-state index in [4.69, 9.17) is 0 Å². The first kappa shape index (κ1) is 14.7. The van der Waals surface area contributed by atoms with Gasteiger partial charge in [0.2, 0.25) is 0 Å². The molecule has 2 aromatic rings. The SMILES string of the molecule is Cc1nn(C)cc1C(=O)NCCn1nc([N+](=O)[O-])cc1C. The Balaban J connectivity index is 1.94. The van der Waals surface area contributed by atoms with E-state index in [1.54, 1.807) is 31.8 Å². The van der Waals surface area contributed by atoms with Crippen LogP contribution in [0.3, 0.4) is 0 Å². The molecule has 21 heavy (non-hydrogen) atoms. The number of hydrogen-bond donors (Lipinski definition) is 1. The minimum absolute atomic E-state index is 0.193. The van der Waals surface area contributed by atoms with Crippen LogP contribution in [0.1, 0.15) is 21.7 Å². The highest BCUT2D eigenvalue weighted by molar-refractivity contribution is 5.94. The Kier molecular flexibility index (Phi) is 4.01. The molecule has 2 rings (SSSR count). The predicted molar refractivity (Wildman–Crippen MR) is 73.9 cm³/mol. The molecule has 0 saturated carbocycles. The molecular formula is C12H16N6O3. The molecule has 9 nitrogen and oxygen atoms in total. The third-order valence-electron chi connectivity index (χ3n) is 3.02. The van der Waals surface area contributed by atoms with Gasteiger partial charge in [-0.05, 0) is 18.8 Å². The Hall–Kier alpha value is -2.71. The zero-order valence-corrected chi connectivity index (χ0v) is 12.0. The number of carbonyl (C=O) groups excluding carboxylic acids is 1. The van der Waals surface area contributed by atoms with Crippen LogP contribution in [-0.2, 0) is 13.6 Å². The highest BCUT2D eigenvalue weighted by Gasteiger charge is 2.16. The van der Waals surface area contributed by atoms with Gasteiger partial charge in [-0.3, -0.25) is 9.48 Å². The van der Waals surface area contributed by atoms with Crippen molar-refractivity contribution in [3.05, 3.63) is 39.3 Å². The van der Waals surface area contributed by atoms with Crippen LogP contribution in [0.2, 0.25) is 0 Å². The summed E-state index contributed by atoms with van der Waals surface area (Å²) in [4.78, 5) is 22.0. The Morgan fingerprint density at radius 2 is 2.14 bits per heavy atom. The van der Waals surface area contributed by atoms with Crippen molar-refractivity contribution in [1.82, 2.24) is 24.9 Å². The van der Waals surface area contributed by atoms with Crippen LogP contribution >= 0.6 is 0 Å². The topological polar surface area (TPSA) is 108 Å². The van der Waals surface area contributed by atoms with Gasteiger partial charge in [0.1, 0.15) is 0 Å². The van der Waals surface area contributed by atoms with Crippen LogP contribution in [-0.4, -0.2) is 36.9 Å². The maximum absolute atomic E-state index is 12.0. The number of rotatable bonds is 5. The Morgan fingerprint density at radius 3 is 2.67 bits per heavy atom. The molecule has 0 spiro atoms. The molecule has 1 amide bonds. The fourth-order valence-corrected chi connectivity index (χ4v) is 2.00. The lowest BCUT2D eigenvalue weighted by Crippen LogP contribution is -2.28. The Labute approximate surface area is 120 Å². The number of aromatic nitrogens is 4. The molecule has 0 aliphatic heterocycles. The number of nitrogens with one attached hydrogen (secondary N) is 1. The van der Waals surface area contributed by atoms with Gasteiger partial charge < -0.3 is 15.4 Å². The highest BCUT2D eigenvalue weighted by atomic mass is 16.6. The fourth-order valence-electron chi connectivity index (χ4n) is 2.00. The number of amides is 1. The van der Waals surface area contributed by atoms with Gasteiger partial charge in [-0.2, -0.15) is 9.78 Å². The van der Waals surface area contributed by atoms with Gasteiger partial charge in [-0.15, -0.1) is 0 Å². The average Bonchev–Trinajstić information content (AvgIpc) is 2.93. The zero-order chi connectivity index (χ0) is 15.6. The molecule has 112 valence electrons. The van der Waals surface area contributed by atoms with Crippen LogP contribution < -0.4 is 5.32 Å². The van der Waals surface area contributed by atoms with Gasteiger partial charge in [0.05, 0.1) is 34.7 Å². The standard InChI is InChI=1S/C12H16N6O3/c1-8-6-11(18(20)21)15-17(8)5-4-13-12(19)10-7-16(3)14-9(10)2/h6-7H,4-5H2,1-3H3,(H,13,19). The molecule has 9 heteroatoms. The molecule has 0 saturated heterocycles. The fraction of sp³-hybridized carbons (Fsp3) is 0.417. The van der Waals surface area contributed by atoms with Crippen molar-refractivity contribution in [3.63, 3.8) is 0 Å². The summed E-state index contributed by atoms with van der Waals surface area (Å²) in [5.74, 6) is -0.415. The van der Waals surface area contributed by atoms with E-state index >= 15 is 0 Å². The van der Waals surface area contributed by atoms with Crippen molar-refractivity contribution in [2.45, 2.75) is 20.4 Å². The maximum Gasteiger partial charge on any atom is 0.390 e. The molecule has 0 atom stereocenters. The van der Waals surface area contributed by atoms with Crippen molar-refractivity contribution in [2.75, 3.05) is 6.54 Å². The van der Waals surface area contributed by atoms with Gasteiger partial charge in [-0.25, -0.2) is 0 Å². The second-order valence-corrected chi connectivity index (χ2v) is 4.68. The highest BCUT2D eigenvalue weighted by Crippen LogP contribution is 2.10. The Bertz CT molecular complexity index is 687. The maximum atomic E-state index is 12.0. The van der Waals surface area contributed by atoms with Crippen molar-refractivity contribution in [3.8, 4) is 0 Å². The molecule has 1 N–H and O–H groups in total. The molecule has 0 aliphatic carbocycles. The van der Waals surface area contributed by atoms with E-state index in [-0.39, 0.29) is 11.7 Å². The number of carbonyl (C=O) groups is 1. The molecule has 0 unspecified atom stereocenters. The number of hydrogen-bond acceptors (Lipinski definition) is 5. The summed E-state index contributed by atoms with van der Waals surface area (Å²) in [6.07, 6.45) is 1.65. The Morgan fingerprint density at radius 1 is 1.43 bits per heavy atom. The molecule has 2 heterocycles. The lowest BCUT2D eigenvalue weighted by molar-refractivity contribution is -0.389. The molecule has 0 radical (unpaired) electrons. The van der Waals surface area contributed by atoms with Crippen molar-refractivity contribution >= 4 is 11.7 Å². The quantitative estimate of drug-likeness (QED) is 0.640. The van der Waals surface area contributed by atoms with Crippen molar-refractivity contribution in [1.29, 1.82) is 0 Å². The largest absolute Gasteiger partial charge is 0.390 e. The van der Waals surface area contributed by atoms with Crippen LogP contribution in [0.4, 0.5) is 5.82 Å². The summed E-state index contributed by atoms with van der Waals surface area (Å²) in [7, 11) is 1.75. The summed E-state index contributed by atoms with van der Waals surface area (Å²) in [6, 6.07) is 1.40. The van der Waals surface area contributed by atoms with E-state index in [0.717, 1.165) is 0 Å². The first-order valence-electron chi connectivity index (χ1n) is 6.35. The first-order chi connectivity index (χ1) is 9.88. The molecule has 0 fully saturated rings. The molecule has 2 aromatic heterocycles. The van der Waals surface area contributed by atoms with Crippen LogP contribution in [0.15, 0.2) is 12.3 Å². The third kappa shape index (κ3) is 3.25. The molecule has 0 bridgehead atoms. The van der Waals surface area contributed by atoms with Crippen molar-refractivity contribution in [2.24, 2.45) is 7.05 Å². The van der Waals surface area contributed by atoms with Gasteiger partial charge in [0.15, 0.2) is 0 Å². The smallest absolute Gasteiger partial charge is 0.358 e. The van der Waals surface area contributed by atoms with E-state index in [1.165, 1.54) is 10.7 Å². The number of aryl methyl sites for hydroxylation is 3. The lowest BCUT2D eigenvalue weighted by Gasteiger charge is -2.03. The number of nitrogens with zero attached hydrogens (tertiary/aromatic N) is 5. The van der Waals surface area contributed by atoms with E-state index in [0.29, 0.717) is 30.0 Å². The normalized spacial score (nSPS) is 10.6. The molecule has 0 aliphatic rings. The average molecular weight is 292 g/mol. The molecule has 0 aromatic carbocycles. The van der Waals surface area contributed by atoms with Gasteiger partial charge >= 0.3 is 5.82 Å². The van der Waals surface area contributed by atoms with E-state index in [9.17, 15) is 14.9 Å². The second-order valence-electron chi connectivity index (χ2n) is 4.68. The van der Waals surface area contributed by atoms with Crippen LogP contribution in [0, 0.1) is 24.0 Å². The summed E-state index contributed by atoms with van der Waals surface area (Å²) < 4.78 is 3.07. The lowest BCUT2D eigenvalue weighted by atomic mass is 10.2. The third-order valence-corrected chi connectivity index (χ3v) is 3.02. The summed E-state index contributed by atoms with van der Waals surface area (Å²) in [5, 5.41) is 21.3. The van der Waals surface area contributed by atoms with Crippen LogP contribution in [0.5, 0.6) is 0 Å². The van der Waals surface area contributed by atoms with Gasteiger partial charge in [0, 0.05) is 19.8 Å². The van der Waals surface area contributed by atoms with Gasteiger partial charge in [-0.1, -0.05) is 0 Å². The molecular weight excluding hydrogens is 276 g/mol. The summed E-state index contributed by atoms with van der Waals surface area (Å²) >= 11 is 0. The van der Waals surface area contributed by atoms with E-state index in [2.05, 4.69) is 15.5 Å². The van der Waals surface area contributed by atoms with E-state index < -0.39 is 4.92 Å². The van der Waals surface area contributed by atoms with Crippen molar-refractivity contribution < 1.29 is 9.72 Å². The second kappa shape index (κ2) is 5.73. The number of nitro groups is 1. The first-order valence-corrected chi connectivity index (χ1v) is 6.35. The minimum atomic E-state index is -0.541. The van der Waals surface area contributed by atoms with E-state index in [1.807, 2.05) is 0 Å².